The predicted molar refractivity (Wildman–Crippen MR) is 195 cm³/mol. The van der Waals surface area contributed by atoms with E-state index in [2.05, 4.69) is 180 Å². The first-order chi connectivity index (χ1) is 22.1. The van der Waals surface area contributed by atoms with Gasteiger partial charge < -0.3 is 5.32 Å². The summed E-state index contributed by atoms with van der Waals surface area (Å²) in [6, 6.07) is 49.4. The molecule has 0 fully saturated rings. The van der Waals surface area contributed by atoms with Gasteiger partial charge in [-0.15, -0.1) is 0 Å². The van der Waals surface area contributed by atoms with Crippen molar-refractivity contribution in [2.45, 2.75) is 57.8 Å². The van der Waals surface area contributed by atoms with E-state index < -0.39 is 0 Å². The van der Waals surface area contributed by atoms with E-state index in [4.69, 9.17) is 0 Å². The standard InChI is InChI=1S/C45H41N/c1-43(2)37-16-10-11-17-38(37)44(3,4)40-28-32(22-26-39(40)43)30-19-23-33(24-20-30)46-41-18-12-15-34-35-27-31(29-13-8-7-9-14-29)21-25-36(35)45(5,6)42(34)41/h7-28,46H,1-6H3. The van der Waals surface area contributed by atoms with Gasteiger partial charge in [-0.2, -0.15) is 0 Å². The Kier molecular flexibility index (Phi) is 6.25. The molecule has 0 amide bonds. The molecule has 0 bridgehead atoms. The molecule has 0 aromatic heterocycles. The van der Waals surface area contributed by atoms with Crippen molar-refractivity contribution in [1.82, 2.24) is 0 Å². The molecule has 8 rings (SSSR count). The van der Waals surface area contributed by atoms with Gasteiger partial charge in [0.05, 0.1) is 0 Å². The van der Waals surface area contributed by atoms with E-state index in [1.54, 1.807) is 0 Å². The Labute approximate surface area is 274 Å². The Hall–Kier alpha value is -4.88. The number of anilines is 2. The molecule has 46 heavy (non-hydrogen) atoms. The van der Waals surface area contributed by atoms with Crippen molar-refractivity contribution in [2.24, 2.45) is 0 Å². The van der Waals surface area contributed by atoms with Gasteiger partial charge in [0, 0.05) is 27.6 Å². The van der Waals surface area contributed by atoms with E-state index in [1.165, 1.54) is 72.4 Å². The summed E-state index contributed by atoms with van der Waals surface area (Å²) in [6.45, 7) is 14.2. The van der Waals surface area contributed by atoms with Crippen molar-refractivity contribution in [1.29, 1.82) is 0 Å². The topological polar surface area (TPSA) is 12.0 Å². The molecule has 1 N–H and O–H groups in total. The molecule has 0 saturated carbocycles. The molecule has 1 nitrogen and oxygen atoms in total. The van der Waals surface area contributed by atoms with Crippen LogP contribution in [0.1, 0.15) is 74.9 Å². The maximum Gasteiger partial charge on any atom is 0.0431 e. The third kappa shape index (κ3) is 4.22. The van der Waals surface area contributed by atoms with Crippen LogP contribution < -0.4 is 5.32 Å². The maximum absolute atomic E-state index is 3.80. The molecule has 6 aromatic carbocycles. The fourth-order valence-electron chi connectivity index (χ4n) is 8.36. The fourth-order valence-corrected chi connectivity index (χ4v) is 8.36. The van der Waals surface area contributed by atoms with Crippen LogP contribution in [0.4, 0.5) is 11.4 Å². The summed E-state index contributed by atoms with van der Waals surface area (Å²) in [5.74, 6) is 0. The summed E-state index contributed by atoms with van der Waals surface area (Å²) in [5.41, 5.74) is 18.2. The lowest BCUT2D eigenvalue weighted by Gasteiger charge is -2.44. The Morgan fingerprint density at radius 1 is 0.370 bits per heavy atom. The minimum Gasteiger partial charge on any atom is -0.355 e. The van der Waals surface area contributed by atoms with E-state index in [9.17, 15) is 0 Å². The number of hydrogen-bond donors (Lipinski definition) is 1. The molecule has 1 heteroatoms. The third-order valence-electron chi connectivity index (χ3n) is 10.9. The van der Waals surface area contributed by atoms with Gasteiger partial charge in [-0.25, -0.2) is 0 Å². The zero-order valence-corrected chi connectivity index (χ0v) is 27.7. The average Bonchev–Trinajstić information content (AvgIpc) is 3.31. The first-order valence-corrected chi connectivity index (χ1v) is 16.5. The van der Waals surface area contributed by atoms with E-state index in [-0.39, 0.29) is 16.2 Å². The minimum atomic E-state index is -0.105. The van der Waals surface area contributed by atoms with Crippen LogP contribution in [0.5, 0.6) is 0 Å². The van der Waals surface area contributed by atoms with Crippen molar-refractivity contribution in [3.8, 4) is 33.4 Å². The molecule has 2 aliphatic carbocycles. The summed E-state index contributed by atoms with van der Waals surface area (Å²) in [7, 11) is 0. The zero-order valence-electron chi connectivity index (χ0n) is 27.7. The van der Waals surface area contributed by atoms with Crippen molar-refractivity contribution >= 4 is 11.4 Å². The molecule has 0 atom stereocenters. The van der Waals surface area contributed by atoms with Crippen molar-refractivity contribution in [3.63, 3.8) is 0 Å². The van der Waals surface area contributed by atoms with Crippen LogP contribution in [-0.2, 0) is 16.2 Å². The number of fused-ring (bicyclic) bond motifs is 5. The van der Waals surface area contributed by atoms with Gasteiger partial charge in [0.25, 0.3) is 0 Å². The van der Waals surface area contributed by atoms with Crippen molar-refractivity contribution in [2.75, 3.05) is 5.32 Å². The van der Waals surface area contributed by atoms with Gasteiger partial charge >= 0.3 is 0 Å². The molecule has 0 unspecified atom stereocenters. The highest BCUT2D eigenvalue weighted by Crippen LogP contribution is 2.53. The molecule has 2 aliphatic rings. The molecular weight excluding hydrogens is 555 g/mol. The predicted octanol–water partition coefficient (Wildman–Crippen LogP) is 12.0. The monoisotopic (exact) mass is 595 g/mol. The Morgan fingerprint density at radius 2 is 0.913 bits per heavy atom. The van der Waals surface area contributed by atoms with Crippen LogP contribution in [0.25, 0.3) is 33.4 Å². The first kappa shape index (κ1) is 28.6. The third-order valence-corrected chi connectivity index (χ3v) is 10.9. The quantitative estimate of drug-likeness (QED) is 0.214. The van der Waals surface area contributed by atoms with E-state index >= 15 is 0 Å². The first-order valence-electron chi connectivity index (χ1n) is 16.5. The Bertz CT molecular complexity index is 2130. The molecule has 0 spiro atoms. The SMILES string of the molecule is CC1(C)c2ccccc2C(C)(C)c2cc(-c3ccc(Nc4cccc5c4C(C)(C)c4ccc(-c6ccccc6)cc4-5)cc3)ccc21. The van der Waals surface area contributed by atoms with Crippen LogP contribution in [0.2, 0.25) is 0 Å². The molecular formula is C45H41N. The number of nitrogens with one attached hydrogen (secondary N) is 1. The smallest absolute Gasteiger partial charge is 0.0431 e. The zero-order chi connectivity index (χ0) is 31.8. The van der Waals surface area contributed by atoms with Gasteiger partial charge in [-0.3, -0.25) is 0 Å². The second kappa shape index (κ2) is 10.1. The van der Waals surface area contributed by atoms with Crippen LogP contribution in [0.3, 0.4) is 0 Å². The summed E-state index contributed by atoms with van der Waals surface area (Å²) >= 11 is 0. The van der Waals surface area contributed by atoms with Gasteiger partial charge in [0.2, 0.25) is 0 Å². The molecule has 0 aliphatic heterocycles. The maximum atomic E-state index is 3.80. The lowest BCUT2D eigenvalue weighted by molar-refractivity contribution is 0.521. The highest BCUT2D eigenvalue weighted by molar-refractivity contribution is 5.89. The molecule has 226 valence electrons. The molecule has 0 saturated heterocycles. The lowest BCUT2D eigenvalue weighted by Crippen LogP contribution is -2.36. The highest BCUT2D eigenvalue weighted by atomic mass is 14.9. The summed E-state index contributed by atoms with van der Waals surface area (Å²) in [5, 5.41) is 3.80. The average molecular weight is 596 g/mol. The second-order valence-corrected chi connectivity index (χ2v) is 14.7. The minimum absolute atomic E-state index is 0.0275. The summed E-state index contributed by atoms with van der Waals surface area (Å²) in [6.07, 6.45) is 0. The normalized spacial score (nSPS) is 16.1. The number of hydrogen-bond acceptors (Lipinski definition) is 1. The highest BCUT2D eigenvalue weighted by Gasteiger charge is 2.41. The van der Waals surface area contributed by atoms with Crippen molar-refractivity contribution < 1.29 is 0 Å². The molecule has 0 radical (unpaired) electrons. The van der Waals surface area contributed by atoms with Crippen LogP contribution in [0.15, 0.2) is 133 Å². The number of benzene rings is 6. The summed E-state index contributed by atoms with van der Waals surface area (Å²) in [4.78, 5) is 0. The largest absolute Gasteiger partial charge is 0.355 e. The van der Waals surface area contributed by atoms with E-state index in [0.717, 1.165) is 5.69 Å². The second-order valence-electron chi connectivity index (χ2n) is 14.7. The van der Waals surface area contributed by atoms with E-state index in [0.29, 0.717) is 0 Å². The molecule has 6 aromatic rings. The van der Waals surface area contributed by atoms with Crippen molar-refractivity contribution in [3.05, 3.63) is 167 Å². The van der Waals surface area contributed by atoms with Crippen LogP contribution >= 0.6 is 0 Å². The Morgan fingerprint density at radius 3 is 1.61 bits per heavy atom. The van der Waals surface area contributed by atoms with Gasteiger partial charge in [0.15, 0.2) is 0 Å². The van der Waals surface area contributed by atoms with Crippen LogP contribution in [0, 0.1) is 0 Å². The van der Waals surface area contributed by atoms with Gasteiger partial charge in [-0.1, -0.05) is 145 Å². The Balaban J connectivity index is 1.11. The molecule has 0 heterocycles. The van der Waals surface area contributed by atoms with Gasteiger partial charge in [0.1, 0.15) is 0 Å². The van der Waals surface area contributed by atoms with Crippen LogP contribution in [-0.4, -0.2) is 0 Å². The number of rotatable bonds is 4. The summed E-state index contributed by atoms with van der Waals surface area (Å²) < 4.78 is 0. The fraction of sp³-hybridized carbons (Fsp3) is 0.200. The van der Waals surface area contributed by atoms with E-state index in [1.807, 2.05) is 0 Å². The lowest BCUT2D eigenvalue weighted by atomic mass is 9.60. The van der Waals surface area contributed by atoms with Gasteiger partial charge in [-0.05, 0) is 97.1 Å².